The Bertz CT molecular complexity index is 439. The van der Waals surface area contributed by atoms with E-state index in [4.69, 9.17) is 5.11 Å². The fraction of sp³-hybridized carbons (Fsp3) is 0.750. The number of alkyl halides is 3. The zero-order valence-corrected chi connectivity index (χ0v) is 11.5. The summed E-state index contributed by atoms with van der Waals surface area (Å²) >= 11 is 0. The van der Waals surface area contributed by atoms with Crippen LogP contribution in [0.4, 0.5) is 13.2 Å². The lowest BCUT2D eigenvalue weighted by atomic mass is 9.82. The number of nitrogens with zero attached hydrogens (tertiary/aromatic N) is 1. The van der Waals surface area contributed by atoms with E-state index in [1.54, 1.807) is 5.32 Å². The summed E-state index contributed by atoms with van der Waals surface area (Å²) in [5.41, 5.74) is -1.09. The minimum Gasteiger partial charge on any atom is -0.481 e. The van der Waals surface area contributed by atoms with E-state index in [0.29, 0.717) is 19.4 Å². The summed E-state index contributed by atoms with van der Waals surface area (Å²) in [7, 11) is 0. The first-order chi connectivity index (χ1) is 9.53. The number of likely N-dealkylation sites (tertiary alicyclic amines) is 1. The molecule has 1 aliphatic rings. The van der Waals surface area contributed by atoms with Gasteiger partial charge in [0.1, 0.15) is 13.0 Å². The van der Waals surface area contributed by atoms with Crippen molar-refractivity contribution in [3.63, 3.8) is 0 Å². The van der Waals surface area contributed by atoms with Crippen molar-refractivity contribution in [3.05, 3.63) is 0 Å². The Kier molecular flexibility index (Phi) is 5.19. The van der Waals surface area contributed by atoms with Gasteiger partial charge in [0.05, 0.1) is 5.41 Å². The molecule has 1 fully saturated rings. The second-order valence-electron chi connectivity index (χ2n) is 5.35. The maximum absolute atomic E-state index is 11.9. The molecule has 0 aromatic rings. The summed E-state index contributed by atoms with van der Waals surface area (Å²) in [6, 6.07) is 0. The molecule has 1 unspecified atom stereocenters. The fourth-order valence-electron chi connectivity index (χ4n) is 2.14. The van der Waals surface area contributed by atoms with Crippen molar-refractivity contribution in [2.24, 2.45) is 5.41 Å². The molecule has 0 aromatic heterocycles. The van der Waals surface area contributed by atoms with E-state index in [1.165, 1.54) is 11.8 Å². The molecule has 2 amide bonds. The van der Waals surface area contributed by atoms with Gasteiger partial charge in [-0.2, -0.15) is 13.2 Å². The minimum absolute atomic E-state index is 0.0479. The van der Waals surface area contributed by atoms with Crippen LogP contribution in [-0.4, -0.2) is 53.6 Å². The zero-order valence-electron chi connectivity index (χ0n) is 11.5. The Balaban J connectivity index is 2.52. The maximum Gasteiger partial charge on any atom is 0.405 e. The number of carbonyl (C=O) groups is 3. The van der Waals surface area contributed by atoms with Gasteiger partial charge in [-0.05, 0) is 19.8 Å². The molecule has 0 saturated carbocycles. The second kappa shape index (κ2) is 6.31. The number of amides is 2. The lowest BCUT2D eigenvalue weighted by Gasteiger charge is -2.37. The van der Waals surface area contributed by atoms with Crippen LogP contribution in [0.1, 0.15) is 26.2 Å². The zero-order chi connectivity index (χ0) is 16.3. The average molecular weight is 310 g/mol. The lowest BCUT2D eigenvalue weighted by Crippen LogP contribution is -2.49. The van der Waals surface area contributed by atoms with Crippen LogP contribution in [0.3, 0.4) is 0 Å². The predicted molar refractivity (Wildman–Crippen MR) is 65.2 cm³/mol. The largest absolute Gasteiger partial charge is 0.481 e. The number of rotatable bonds is 4. The number of hydrogen-bond donors (Lipinski definition) is 2. The number of carboxylic acid groups (broad SMARTS) is 1. The van der Waals surface area contributed by atoms with Gasteiger partial charge < -0.3 is 15.3 Å². The third-order valence-electron chi connectivity index (χ3n) is 3.36. The molecular weight excluding hydrogens is 293 g/mol. The van der Waals surface area contributed by atoms with Crippen molar-refractivity contribution in [2.75, 3.05) is 19.6 Å². The molecule has 9 heteroatoms. The molecular formula is C12H17F3N2O4. The number of piperidine rings is 1. The van der Waals surface area contributed by atoms with Gasteiger partial charge in [-0.25, -0.2) is 0 Å². The van der Waals surface area contributed by atoms with Crippen LogP contribution in [0.15, 0.2) is 0 Å². The normalized spacial score (nSPS) is 22.8. The topological polar surface area (TPSA) is 86.7 Å². The van der Waals surface area contributed by atoms with Gasteiger partial charge in [-0.15, -0.1) is 0 Å². The third-order valence-corrected chi connectivity index (χ3v) is 3.36. The molecule has 1 heterocycles. The SMILES string of the molecule is CC1(C(=O)O)CCCN(C(=O)CC(=O)NCC(F)(F)F)C1. The van der Waals surface area contributed by atoms with Gasteiger partial charge in [0.2, 0.25) is 11.8 Å². The van der Waals surface area contributed by atoms with E-state index in [2.05, 4.69) is 0 Å². The smallest absolute Gasteiger partial charge is 0.405 e. The van der Waals surface area contributed by atoms with Crippen molar-refractivity contribution < 1.29 is 32.7 Å². The highest BCUT2D eigenvalue weighted by molar-refractivity contribution is 5.97. The maximum atomic E-state index is 11.9. The van der Waals surface area contributed by atoms with Gasteiger partial charge in [-0.3, -0.25) is 14.4 Å². The highest BCUT2D eigenvalue weighted by atomic mass is 19.4. The first kappa shape index (κ1) is 17.3. The average Bonchev–Trinajstić information content (AvgIpc) is 2.35. The summed E-state index contributed by atoms with van der Waals surface area (Å²) in [6.07, 6.45) is -4.37. The third kappa shape index (κ3) is 5.24. The van der Waals surface area contributed by atoms with E-state index < -0.39 is 42.3 Å². The van der Waals surface area contributed by atoms with Crippen LogP contribution in [0.5, 0.6) is 0 Å². The van der Waals surface area contributed by atoms with E-state index in [-0.39, 0.29) is 6.54 Å². The van der Waals surface area contributed by atoms with Crippen LogP contribution in [-0.2, 0) is 14.4 Å². The van der Waals surface area contributed by atoms with Crippen molar-refractivity contribution >= 4 is 17.8 Å². The van der Waals surface area contributed by atoms with Gasteiger partial charge >= 0.3 is 12.1 Å². The van der Waals surface area contributed by atoms with E-state index in [1.807, 2.05) is 0 Å². The number of aliphatic carboxylic acids is 1. The van der Waals surface area contributed by atoms with E-state index in [9.17, 15) is 27.6 Å². The second-order valence-corrected chi connectivity index (χ2v) is 5.35. The Morgan fingerprint density at radius 1 is 1.33 bits per heavy atom. The number of nitrogens with one attached hydrogen (secondary N) is 1. The summed E-state index contributed by atoms with van der Waals surface area (Å²) in [5, 5.41) is 10.7. The number of halogens is 3. The van der Waals surface area contributed by atoms with Crippen molar-refractivity contribution in [1.29, 1.82) is 0 Å². The molecule has 0 bridgehead atoms. The van der Waals surface area contributed by atoms with E-state index in [0.717, 1.165) is 0 Å². The van der Waals surface area contributed by atoms with E-state index >= 15 is 0 Å². The molecule has 0 aliphatic carbocycles. The standard InChI is InChI=1S/C12H17F3N2O4/c1-11(10(20)21)3-2-4-17(7-11)9(19)5-8(18)16-6-12(13,14)15/h2-7H2,1H3,(H,16,18)(H,20,21). The molecule has 1 saturated heterocycles. The Morgan fingerprint density at radius 2 is 1.95 bits per heavy atom. The van der Waals surface area contributed by atoms with Crippen molar-refractivity contribution in [1.82, 2.24) is 10.2 Å². The highest BCUT2D eigenvalue weighted by Crippen LogP contribution is 2.29. The summed E-state index contributed by atoms with van der Waals surface area (Å²) in [4.78, 5) is 35.4. The number of hydrogen-bond acceptors (Lipinski definition) is 3. The van der Waals surface area contributed by atoms with Gasteiger partial charge in [-0.1, -0.05) is 0 Å². The molecule has 2 N–H and O–H groups in total. The van der Waals surface area contributed by atoms with Crippen LogP contribution < -0.4 is 5.32 Å². The highest BCUT2D eigenvalue weighted by Gasteiger charge is 2.39. The first-order valence-electron chi connectivity index (χ1n) is 6.38. The first-order valence-corrected chi connectivity index (χ1v) is 6.38. The molecule has 0 radical (unpaired) electrons. The molecule has 0 spiro atoms. The molecule has 1 aliphatic heterocycles. The summed E-state index contributed by atoms with van der Waals surface area (Å²) < 4.78 is 35.8. The summed E-state index contributed by atoms with van der Waals surface area (Å²) in [6.45, 7) is 0.256. The minimum atomic E-state index is -4.54. The molecule has 21 heavy (non-hydrogen) atoms. The van der Waals surface area contributed by atoms with Crippen molar-refractivity contribution in [2.45, 2.75) is 32.4 Å². The molecule has 6 nitrogen and oxygen atoms in total. The summed E-state index contributed by atoms with van der Waals surface area (Å²) in [5.74, 6) is -2.73. The molecule has 1 atom stereocenters. The monoisotopic (exact) mass is 310 g/mol. The van der Waals surface area contributed by atoms with Gasteiger partial charge in [0.25, 0.3) is 0 Å². The molecule has 120 valence electrons. The predicted octanol–water partition coefficient (Wildman–Crippen LogP) is 0.768. The fourth-order valence-corrected chi connectivity index (χ4v) is 2.14. The van der Waals surface area contributed by atoms with Gasteiger partial charge in [0.15, 0.2) is 0 Å². The molecule has 1 rings (SSSR count). The lowest BCUT2D eigenvalue weighted by molar-refractivity contribution is -0.154. The van der Waals surface area contributed by atoms with Crippen LogP contribution in [0.25, 0.3) is 0 Å². The van der Waals surface area contributed by atoms with Gasteiger partial charge in [0, 0.05) is 13.1 Å². The molecule has 0 aromatic carbocycles. The van der Waals surface area contributed by atoms with Crippen LogP contribution in [0, 0.1) is 5.41 Å². The Morgan fingerprint density at radius 3 is 2.48 bits per heavy atom. The van der Waals surface area contributed by atoms with Crippen LogP contribution in [0.2, 0.25) is 0 Å². The Hall–Kier alpha value is -1.80. The Labute approximate surface area is 119 Å². The number of carboxylic acids is 1. The van der Waals surface area contributed by atoms with Crippen molar-refractivity contribution in [3.8, 4) is 0 Å². The number of carbonyl (C=O) groups excluding carboxylic acids is 2. The van der Waals surface area contributed by atoms with Crippen LogP contribution >= 0.6 is 0 Å². The quantitative estimate of drug-likeness (QED) is 0.751.